The molecular weight excluding hydrogens is 330 g/mol. The maximum absolute atomic E-state index is 12.3. The van der Waals surface area contributed by atoms with Gasteiger partial charge in [-0.3, -0.25) is 4.79 Å². The van der Waals surface area contributed by atoms with Crippen LogP contribution in [0.4, 0.5) is 0 Å². The summed E-state index contributed by atoms with van der Waals surface area (Å²) in [6, 6.07) is 8.28. The van der Waals surface area contributed by atoms with Crippen molar-refractivity contribution in [2.45, 2.75) is 39.0 Å². The number of fused-ring (bicyclic) bond motifs is 2. The van der Waals surface area contributed by atoms with Gasteiger partial charge in [-0.2, -0.15) is 5.10 Å². The standard InChI is InChI=1S/C20H21N3OS/c1-2-13-7-5-8-16-15(11-21-19(13)16)12-22-23-20(24)18-10-14-6-3-4-9-17(14)25-18/h5,7-8,10-12,21H,2-4,6,9H2,1H3,(H,23,24)/b22-12+. The fourth-order valence-corrected chi connectivity index (χ4v) is 4.60. The fourth-order valence-electron chi connectivity index (χ4n) is 3.46. The molecule has 2 aromatic heterocycles. The topological polar surface area (TPSA) is 57.2 Å². The molecule has 0 saturated heterocycles. The van der Waals surface area contributed by atoms with Crippen LogP contribution in [0, 0.1) is 0 Å². The number of amides is 1. The quantitative estimate of drug-likeness (QED) is 0.530. The van der Waals surface area contributed by atoms with E-state index in [0.29, 0.717) is 0 Å². The Balaban J connectivity index is 1.49. The molecule has 0 aliphatic heterocycles. The summed E-state index contributed by atoms with van der Waals surface area (Å²) in [7, 11) is 0. The number of carbonyl (C=O) groups is 1. The van der Waals surface area contributed by atoms with E-state index < -0.39 is 0 Å². The fraction of sp³-hybridized carbons (Fsp3) is 0.300. The predicted octanol–water partition coefficient (Wildman–Crippen LogP) is 4.43. The van der Waals surface area contributed by atoms with Crippen LogP contribution in [0.2, 0.25) is 0 Å². The molecule has 0 atom stereocenters. The van der Waals surface area contributed by atoms with Crippen LogP contribution < -0.4 is 5.43 Å². The van der Waals surface area contributed by atoms with Crippen LogP contribution in [0.5, 0.6) is 0 Å². The van der Waals surface area contributed by atoms with Gasteiger partial charge in [0.1, 0.15) is 0 Å². The summed E-state index contributed by atoms with van der Waals surface area (Å²) in [6.07, 6.45) is 9.28. The number of hydrogen-bond donors (Lipinski definition) is 2. The summed E-state index contributed by atoms with van der Waals surface area (Å²) in [5.41, 5.74) is 7.42. The van der Waals surface area contributed by atoms with Crippen molar-refractivity contribution in [1.82, 2.24) is 10.4 Å². The highest BCUT2D eigenvalue weighted by Crippen LogP contribution is 2.29. The Morgan fingerprint density at radius 1 is 1.36 bits per heavy atom. The number of carbonyl (C=O) groups excluding carboxylic acids is 1. The summed E-state index contributed by atoms with van der Waals surface area (Å²) in [5, 5.41) is 5.29. The lowest BCUT2D eigenvalue weighted by Crippen LogP contribution is -2.16. The molecule has 2 N–H and O–H groups in total. The van der Waals surface area contributed by atoms with E-state index in [-0.39, 0.29) is 5.91 Å². The van der Waals surface area contributed by atoms with Crippen LogP contribution in [-0.2, 0) is 19.3 Å². The lowest BCUT2D eigenvalue weighted by molar-refractivity contribution is 0.0959. The molecule has 0 saturated carbocycles. The van der Waals surface area contributed by atoms with Gasteiger partial charge in [0.15, 0.2) is 0 Å². The van der Waals surface area contributed by atoms with E-state index in [1.165, 1.54) is 28.8 Å². The summed E-state index contributed by atoms with van der Waals surface area (Å²) in [5.74, 6) is -0.121. The molecule has 2 heterocycles. The van der Waals surface area contributed by atoms with Crippen molar-refractivity contribution in [3.05, 3.63) is 56.9 Å². The minimum atomic E-state index is -0.121. The van der Waals surface area contributed by atoms with Gasteiger partial charge in [0.2, 0.25) is 0 Å². The average Bonchev–Trinajstić information content (AvgIpc) is 3.25. The molecule has 4 rings (SSSR count). The zero-order valence-corrected chi connectivity index (χ0v) is 15.1. The molecule has 0 unspecified atom stereocenters. The minimum Gasteiger partial charge on any atom is -0.360 e. The second-order valence-corrected chi connectivity index (χ2v) is 7.54. The van der Waals surface area contributed by atoms with E-state index >= 15 is 0 Å². The zero-order chi connectivity index (χ0) is 17.2. The largest absolute Gasteiger partial charge is 0.360 e. The summed E-state index contributed by atoms with van der Waals surface area (Å²) >= 11 is 1.61. The molecule has 1 amide bonds. The summed E-state index contributed by atoms with van der Waals surface area (Å²) in [6.45, 7) is 2.14. The number of nitrogens with zero attached hydrogens (tertiary/aromatic N) is 1. The third kappa shape index (κ3) is 3.12. The number of aromatic nitrogens is 1. The first-order valence-electron chi connectivity index (χ1n) is 8.80. The number of hydrazone groups is 1. The van der Waals surface area contributed by atoms with Crippen LogP contribution in [0.25, 0.3) is 10.9 Å². The van der Waals surface area contributed by atoms with Crippen molar-refractivity contribution in [3.63, 3.8) is 0 Å². The maximum Gasteiger partial charge on any atom is 0.281 e. The monoisotopic (exact) mass is 351 g/mol. The first-order chi connectivity index (χ1) is 12.3. The molecule has 3 aromatic rings. The lowest BCUT2D eigenvalue weighted by Gasteiger charge is -2.08. The molecule has 128 valence electrons. The van der Waals surface area contributed by atoms with Crippen LogP contribution in [0.15, 0.2) is 35.6 Å². The highest BCUT2D eigenvalue weighted by atomic mass is 32.1. The summed E-state index contributed by atoms with van der Waals surface area (Å²) in [4.78, 5) is 17.8. The van der Waals surface area contributed by atoms with Crippen molar-refractivity contribution >= 4 is 34.4 Å². The van der Waals surface area contributed by atoms with E-state index in [2.05, 4.69) is 40.6 Å². The Hall–Kier alpha value is -2.40. The van der Waals surface area contributed by atoms with Crippen LogP contribution >= 0.6 is 11.3 Å². The average molecular weight is 351 g/mol. The van der Waals surface area contributed by atoms with Crippen LogP contribution in [-0.4, -0.2) is 17.1 Å². The van der Waals surface area contributed by atoms with E-state index in [4.69, 9.17) is 0 Å². The third-order valence-electron chi connectivity index (χ3n) is 4.80. The number of H-pyrrole nitrogens is 1. The number of thiophene rings is 1. The SMILES string of the molecule is CCc1cccc2c(/C=N/NC(=O)c3cc4c(s3)CCCC4)c[nH]c12. The minimum absolute atomic E-state index is 0.121. The van der Waals surface area contributed by atoms with Gasteiger partial charge in [0.05, 0.1) is 11.1 Å². The van der Waals surface area contributed by atoms with Gasteiger partial charge >= 0.3 is 0 Å². The van der Waals surface area contributed by atoms with E-state index in [9.17, 15) is 4.79 Å². The van der Waals surface area contributed by atoms with Gasteiger partial charge in [-0.1, -0.05) is 25.1 Å². The number of aromatic amines is 1. The molecule has 5 heteroatoms. The van der Waals surface area contributed by atoms with E-state index in [1.54, 1.807) is 17.6 Å². The molecule has 0 bridgehead atoms. The van der Waals surface area contributed by atoms with E-state index in [0.717, 1.165) is 40.6 Å². The molecule has 1 aliphatic rings. The van der Waals surface area contributed by atoms with Crippen molar-refractivity contribution in [2.75, 3.05) is 0 Å². The first-order valence-corrected chi connectivity index (χ1v) is 9.62. The normalized spacial score (nSPS) is 14.1. The third-order valence-corrected chi connectivity index (χ3v) is 6.04. The van der Waals surface area contributed by atoms with Gasteiger partial charge in [-0.25, -0.2) is 5.43 Å². The molecule has 4 nitrogen and oxygen atoms in total. The summed E-state index contributed by atoms with van der Waals surface area (Å²) < 4.78 is 0. The number of aryl methyl sites for hydroxylation is 3. The van der Waals surface area contributed by atoms with Gasteiger partial charge in [-0.05, 0) is 49.3 Å². The Bertz CT molecular complexity index is 928. The number of hydrogen-bond acceptors (Lipinski definition) is 3. The molecule has 1 aromatic carbocycles. The Kier molecular flexibility index (Phi) is 4.40. The van der Waals surface area contributed by atoms with Gasteiger partial charge in [0, 0.05) is 27.5 Å². The predicted molar refractivity (Wildman–Crippen MR) is 104 cm³/mol. The molecule has 0 fully saturated rings. The van der Waals surface area contributed by atoms with Crippen molar-refractivity contribution in [1.29, 1.82) is 0 Å². The van der Waals surface area contributed by atoms with Gasteiger partial charge in [-0.15, -0.1) is 11.3 Å². The second-order valence-electron chi connectivity index (χ2n) is 6.40. The second kappa shape index (κ2) is 6.84. The van der Waals surface area contributed by atoms with Gasteiger partial charge in [0.25, 0.3) is 5.91 Å². The number of rotatable bonds is 4. The zero-order valence-electron chi connectivity index (χ0n) is 14.3. The van der Waals surface area contributed by atoms with Crippen molar-refractivity contribution in [3.8, 4) is 0 Å². The first kappa shape index (κ1) is 16.1. The van der Waals surface area contributed by atoms with Crippen LogP contribution in [0.3, 0.4) is 0 Å². The van der Waals surface area contributed by atoms with Crippen molar-refractivity contribution < 1.29 is 4.79 Å². The lowest BCUT2D eigenvalue weighted by atomic mass is 9.99. The van der Waals surface area contributed by atoms with Crippen molar-refractivity contribution in [2.24, 2.45) is 5.10 Å². The molecule has 0 radical (unpaired) electrons. The Labute approximate surface area is 151 Å². The Morgan fingerprint density at radius 3 is 3.08 bits per heavy atom. The van der Waals surface area contributed by atoms with Gasteiger partial charge < -0.3 is 4.98 Å². The maximum atomic E-state index is 12.3. The number of para-hydroxylation sites is 1. The smallest absolute Gasteiger partial charge is 0.281 e. The van der Waals surface area contributed by atoms with Crippen LogP contribution in [0.1, 0.15) is 51.0 Å². The molecule has 25 heavy (non-hydrogen) atoms. The van der Waals surface area contributed by atoms with E-state index in [1.807, 2.05) is 12.3 Å². The molecular formula is C20H21N3OS. The molecule has 1 aliphatic carbocycles. The molecule has 0 spiro atoms. The number of benzene rings is 1. The Morgan fingerprint density at radius 2 is 2.24 bits per heavy atom. The number of nitrogens with one attached hydrogen (secondary N) is 2. The highest BCUT2D eigenvalue weighted by molar-refractivity contribution is 7.14. The highest BCUT2D eigenvalue weighted by Gasteiger charge is 2.16.